The van der Waals surface area contributed by atoms with E-state index in [0.717, 1.165) is 17.1 Å². The van der Waals surface area contributed by atoms with Gasteiger partial charge < -0.3 is 10.9 Å². The van der Waals surface area contributed by atoms with Crippen LogP contribution in [0.4, 0.5) is 0 Å². The van der Waals surface area contributed by atoms with Crippen molar-refractivity contribution in [1.82, 2.24) is 14.8 Å². The van der Waals surface area contributed by atoms with Crippen molar-refractivity contribution in [3.8, 4) is 5.69 Å². The number of benzene rings is 1. The molecule has 0 atom stereocenters. The Kier molecular flexibility index (Phi) is 3.01. The summed E-state index contributed by atoms with van der Waals surface area (Å²) >= 11 is 0. The normalized spacial score (nSPS) is 11.8. The van der Waals surface area contributed by atoms with Crippen LogP contribution in [0.25, 0.3) is 5.69 Å². The highest BCUT2D eigenvalue weighted by Crippen LogP contribution is 2.17. The molecule has 2 aromatic rings. The van der Waals surface area contributed by atoms with Crippen LogP contribution in [-0.2, 0) is 0 Å². The highest BCUT2D eigenvalue weighted by Gasteiger charge is 2.13. The molecule has 0 aliphatic rings. The van der Waals surface area contributed by atoms with Gasteiger partial charge in [-0.3, -0.25) is 0 Å². The number of hydrogen-bond donors (Lipinski definition) is 2. The molecule has 0 saturated heterocycles. The SMILES string of the molecule is Cc1ccc(-n2nc(C)nc2C)c(/C(N)=N/O)c1. The van der Waals surface area contributed by atoms with Crippen LogP contribution in [0, 0.1) is 20.8 Å². The lowest BCUT2D eigenvalue weighted by Crippen LogP contribution is -2.17. The molecule has 0 aliphatic carbocycles. The Balaban J connectivity index is 2.68. The lowest BCUT2D eigenvalue weighted by Gasteiger charge is -2.10. The molecule has 6 heteroatoms. The Hall–Kier alpha value is -2.37. The molecule has 0 bridgehead atoms. The molecule has 0 aliphatic heterocycles. The van der Waals surface area contributed by atoms with Gasteiger partial charge in [-0.25, -0.2) is 9.67 Å². The summed E-state index contributed by atoms with van der Waals surface area (Å²) in [6.07, 6.45) is 0. The molecule has 94 valence electrons. The van der Waals surface area contributed by atoms with E-state index in [4.69, 9.17) is 10.9 Å². The zero-order valence-electron chi connectivity index (χ0n) is 10.5. The van der Waals surface area contributed by atoms with E-state index in [2.05, 4.69) is 15.2 Å². The van der Waals surface area contributed by atoms with Gasteiger partial charge in [0.15, 0.2) is 5.84 Å². The van der Waals surface area contributed by atoms with Crippen LogP contribution >= 0.6 is 0 Å². The van der Waals surface area contributed by atoms with Crippen molar-refractivity contribution < 1.29 is 5.21 Å². The molecule has 0 amide bonds. The van der Waals surface area contributed by atoms with E-state index >= 15 is 0 Å². The average molecular weight is 245 g/mol. The molecular formula is C12H15N5O. The average Bonchev–Trinajstić information content (AvgIpc) is 2.67. The Labute approximate surface area is 105 Å². The monoisotopic (exact) mass is 245 g/mol. The molecule has 0 fully saturated rings. The van der Waals surface area contributed by atoms with E-state index in [9.17, 15) is 0 Å². The molecule has 0 saturated carbocycles. The topological polar surface area (TPSA) is 89.3 Å². The quantitative estimate of drug-likeness (QED) is 0.361. The van der Waals surface area contributed by atoms with Crippen molar-refractivity contribution in [3.05, 3.63) is 41.0 Å². The van der Waals surface area contributed by atoms with Crippen molar-refractivity contribution >= 4 is 5.84 Å². The first-order valence-electron chi connectivity index (χ1n) is 5.52. The standard InChI is InChI=1S/C12H15N5O/c1-7-4-5-11(10(6-7)12(13)16-18)17-9(3)14-8(2)15-17/h4-6,18H,1-3H3,(H2,13,16). The maximum Gasteiger partial charge on any atom is 0.172 e. The summed E-state index contributed by atoms with van der Waals surface area (Å²) in [5.74, 6) is 1.49. The first-order chi connectivity index (χ1) is 8.52. The predicted molar refractivity (Wildman–Crippen MR) is 68.1 cm³/mol. The summed E-state index contributed by atoms with van der Waals surface area (Å²) in [5.41, 5.74) is 8.09. The maximum absolute atomic E-state index is 8.84. The minimum Gasteiger partial charge on any atom is -0.409 e. The fourth-order valence-electron chi connectivity index (χ4n) is 1.84. The van der Waals surface area contributed by atoms with Crippen LogP contribution in [0.1, 0.15) is 22.8 Å². The van der Waals surface area contributed by atoms with Gasteiger partial charge in [0.05, 0.1) is 5.69 Å². The van der Waals surface area contributed by atoms with E-state index in [1.165, 1.54) is 0 Å². The number of nitrogens with two attached hydrogens (primary N) is 1. The van der Waals surface area contributed by atoms with Gasteiger partial charge >= 0.3 is 0 Å². The summed E-state index contributed by atoms with van der Waals surface area (Å²) in [4.78, 5) is 4.24. The maximum atomic E-state index is 8.84. The molecule has 3 N–H and O–H groups in total. The van der Waals surface area contributed by atoms with Crippen molar-refractivity contribution in [2.24, 2.45) is 10.9 Å². The number of hydrogen-bond acceptors (Lipinski definition) is 4. The molecule has 0 radical (unpaired) electrons. The van der Waals surface area contributed by atoms with Gasteiger partial charge in [0, 0.05) is 5.56 Å². The van der Waals surface area contributed by atoms with Gasteiger partial charge in [-0.2, -0.15) is 5.10 Å². The van der Waals surface area contributed by atoms with Crippen molar-refractivity contribution in [1.29, 1.82) is 0 Å². The molecule has 0 spiro atoms. The van der Waals surface area contributed by atoms with Crippen molar-refractivity contribution in [3.63, 3.8) is 0 Å². The largest absolute Gasteiger partial charge is 0.409 e. The molecule has 18 heavy (non-hydrogen) atoms. The van der Waals surface area contributed by atoms with E-state index < -0.39 is 0 Å². The lowest BCUT2D eigenvalue weighted by molar-refractivity contribution is 0.318. The number of oxime groups is 1. The minimum absolute atomic E-state index is 0.0567. The molecule has 6 nitrogen and oxygen atoms in total. The lowest BCUT2D eigenvalue weighted by atomic mass is 10.1. The first-order valence-corrected chi connectivity index (χ1v) is 5.52. The second kappa shape index (κ2) is 4.48. The second-order valence-corrected chi connectivity index (χ2v) is 4.12. The third-order valence-electron chi connectivity index (χ3n) is 2.64. The molecule has 1 aromatic heterocycles. The van der Waals surface area contributed by atoms with E-state index in [1.54, 1.807) is 4.68 Å². The number of aromatic nitrogens is 3. The van der Waals surface area contributed by atoms with Crippen LogP contribution < -0.4 is 5.73 Å². The van der Waals surface area contributed by atoms with E-state index in [1.807, 2.05) is 39.0 Å². The van der Waals surface area contributed by atoms with Crippen molar-refractivity contribution in [2.45, 2.75) is 20.8 Å². The predicted octanol–water partition coefficient (Wildman–Crippen LogP) is 1.29. The number of aryl methyl sites for hydroxylation is 3. The fourth-order valence-corrected chi connectivity index (χ4v) is 1.84. The third-order valence-corrected chi connectivity index (χ3v) is 2.64. The fraction of sp³-hybridized carbons (Fsp3) is 0.250. The highest BCUT2D eigenvalue weighted by molar-refractivity contribution is 6.00. The molecule has 1 heterocycles. The number of amidine groups is 1. The Morgan fingerprint density at radius 1 is 1.33 bits per heavy atom. The van der Waals surface area contributed by atoms with Crippen LogP contribution in [0.15, 0.2) is 23.4 Å². The summed E-state index contributed by atoms with van der Waals surface area (Å²) in [7, 11) is 0. The first kappa shape index (κ1) is 12.1. The van der Waals surface area contributed by atoms with Crippen LogP contribution in [-0.4, -0.2) is 25.8 Å². The second-order valence-electron chi connectivity index (χ2n) is 4.12. The minimum atomic E-state index is 0.0567. The van der Waals surface area contributed by atoms with Gasteiger partial charge in [0.2, 0.25) is 0 Å². The van der Waals surface area contributed by atoms with Crippen molar-refractivity contribution in [2.75, 3.05) is 0 Å². The highest BCUT2D eigenvalue weighted by atomic mass is 16.4. The summed E-state index contributed by atoms with van der Waals surface area (Å²) in [6, 6.07) is 5.67. The number of nitrogens with zero attached hydrogens (tertiary/aromatic N) is 4. The zero-order valence-corrected chi connectivity index (χ0v) is 10.5. The van der Waals surface area contributed by atoms with E-state index in [0.29, 0.717) is 11.4 Å². The zero-order chi connectivity index (χ0) is 13.3. The van der Waals surface area contributed by atoms with Gasteiger partial charge in [0.25, 0.3) is 0 Å². The van der Waals surface area contributed by atoms with Crippen LogP contribution in [0.2, 0.25) is 0 Å². The Morgan fingerprint density at radius 3 is 2.61 bits per heavy atom. The Morgan fingerprint density at radius 2 is 2.06 bits per heavy atom. The Bertz CT molecular complexity index is 615. The molecule has 2 rings (SSSR count). The van der Waals surface area contributed by atoms with Gasteiger partial charge in [-0.05, 0) is 32.9 Å². The van der Waals surface area contributed by atoms with Gasteiger partial charge in [0.1, 0.15) is 11.6 Å². The van der Waals surface area contributed by atoms with Crippen LogP contribution in [0.3, 0.4) is 0 Å². The molecule has 1 aromatic carbocycles. The molecule has 0 unspecified atom stereocenters. The summed E-state index contributed by atoms with van der Waals surface area (Å²) in [5, 5.41) is 16.2. The summed E-state index contributed by atoms with van der Waals surface area (Å²) in [6.45, 7) is 5.62. The van der Waals surface area contributed by atoms with E-state index in [-0.39, 0.29) is 5.84 Å². The van der Waals surface area contributed by atoms with Gasteiger partial charge in [-0.15, -0.1) is 0 Å². The third kappa shape index (κ3) is 2.04. The van der Waals surface area contributed by atoms with Crippen LogP contribution in [0.5, 0.6) is 0 Å². The number of rotatable bonds is 2. The summed E-state index contributed by atoms with van der Waals surface area (Å²) < 4.78 is 1.68. The molecular weight excluding hydrogens is 230 g/mol. The van der Waals surface area contributed by atoms with Gasteiger partial charge in [-0.1, -0.05) is 16.8 Å². The smallest absolute Gasteiger partial charge is 0.172 e.